The summed E-state index contributed by atoms with van der Waals surface area (Å²) in [5, 5.41) is 0.189. The average Bonchev–Trinajstić information content (AvgIpc) is 3.16. The number of hydrogen-bond donors (Lipinski definition) is 1. The van der Waals surface area contributed by atoms with Gasteiger partial charge in [0, 0.05) is 18.6 Å². The van der Waals surface area contributed by atoms with Crippen molar-refractivity contribution in [1.29, 1.82) is 0 Å². The Morgan fingerprint density at radius 3 is 2.80 bits per heavy atom. The molecule has 0 aliphatic rings. The molecular weight excluding hydrogens is 324 g/mol. The SMILES string of the molecule is COc1ccccc1-n1c(=O)[nH]c2nc(-n3ccnc3)ncc2c1=O. The molecule has 1 aromatic carbocycles. The Bertz CT molecular complexity index is 1180. The highest BCUT2D eigenvalue weighted by Crippen LogP contribution is 2.19. The molecule has 0 fully saturated rings. The summed E-state index contributed by atoms with van der Waals surface area (Å²) in [6, 6.07) is 6.77. The minimum absolute atomic E-state index is 0.153. The summed E-state index contributed by atoms with van der Waals surface area (Å²) in [5.74, 6) is 0.709. The van der Waals surface area contributed by atoms with Crippen LogP contribution in [0.15, 0.2) is 58.8 Å². The molecule has 0 atom stereocenters. The van der Waals surface area contributed by atoms with Crippen LogP contribution in [0, 0.1) is 0 Å². The maximum atomic E-state index is 12.8. The highest BCUT2D eigenvalue weighted by atomic mass is 16.5. The standard InChI is InChI=1S/C16H12N6O3/c1-25-12-5-3-2-4-11(12)22-14(23)10-8-18-15(21-7-6-17-9-21)19-13(10)20-16(22)24/h2-9H,1H3,(H,18,19,20,24). The second-order valence-electron chi connectivity index (χ2n) is 5.14. The first-order valence-electron chi connectivity index (χ1n) is 7.33. The fourth-order valence-corrected chi connectivity index (χ4v) is 2.53. The van der Waals surface area contributed by atoms with Gasteiger partial charge in [-0.05, 0) is 12.1 Å². The van der Waals surface area contributed by atoms with E-state index in [0.29, 0.717) is 17.4 Å². The topological polar surface area (TPSA) is 108 Å². The van der Waals surface area contributed by atoms with Gasteiger partial charge in [0.15, 0.2) is 5.65 Å². The molecule has 9 nitrogen and oxygen atoms in total. The number of methoxy groups -OCH3 is 1. The molecule has 124 valence electrons. The van der Waals surface area contributed by atoms with Crippen molar-refractivity contribution in [2.24, 2.45) is 0 Å². The summed E-state index contributed by atoms with van der Waals surface area (Å²) in [6.45, 7) is 0. The molecule has 3 aromatic heterocycles. The van der Waals surface area contributed by atoms with Gasteiger partial charge in [-0.15, -0.1) is 0 Å². The number of aromatic nitrogens is 6. The normalized spacial score (nSPS) is 10.9. The molecule has 0 radical (unpaired) electrons. The third kappa shape index (κ3) is 2.38. The monoisotopic (exact) mass is 336 g/mol. The number of imidazole rings is 1. The van der Waals surface area contributed by atoms with Crippen LogP contribution in [0.1, 0.15) is 0 Å². The summed E-state index contributed by atoms with van der Waals surface area (Å²) in [7, 11) is 1.47. The van der Waals surface area contributed by atoms with E-state index in [0.717, 1.165) is 4.57 Å². The Hall–Kier alpha value is -3.75. The van der Waals surface area contributed by atoms with E-state index >= 15 is 0 Å². The Morgan fingerprint density at radius 2 is 2.04 bits per heavy atom. The quantitative estimate of drug-likeness (QED) is 0.589. The van der Waals surface area contributed by atoms with Crippen molar-refractivity contribution < 1.29 is 4.74 Å². The number of para-hydroxylation sites is 2. The summed E-state index contributed by atoms with van der Waals surface area (Å²) in [6.07, 6.45) is 6.14. The molecule has 0 aliphatic heterocycles. The van der Waals surface area contributed by atoms with E-state index in [9.17, 15) is 9.59 Å². The molecule has 0 unspecified atom stereocenters. The van der Waals surface area contributed by atoms with Crippen LogP contribution in [0.3, 0.4) is 0 Å². The van der Waals surface area contributed by atoms with Gasteiger partial charge >= 0.3 is 5.69 Å². The zero-order valence-electron chi connectivity index (χ0n) is 13.1. The van der Waals surface area contributed by atoms with Gasteiger partial charge in [-0.2, -0.15) is 4.98 Å². The van der Waals surface area contributed by atoms with Crippen LogP contribution < -0.4 is 16.0 Å². The van der Waals surface area contributed by atoms with Crippen LogP contribution >= 0.6 is 0 Å². The van der Waals surface area contributed by atoms with Crippen molar-refractivity contribution >= 4 is 11.0 Å². The molecule has 9 heteroatoms. The number of H-pyrrole nitrogens is 1. The summed E-state index contributed by atoms with van der Waals surface area (Å²) < 4.78 is 7.81. The number of rotatable bonds is 3. The Balaban J connectivity index is 1.98. The third-order valence-electron chi connectivity index (χ3n) is 3.70. The van der Waals surface area contributed by atoms with Crippen molar-refractivity contribution in [3.8, 4) is 17.4 Å². The zero-order chi connectivity index (χ0) is 17.4. The van der Waals surface area contributed by atoms with Gasteiger partial charge in [0.1, 0.15) is 17.5 Å². The summed E-state index contributed by atoms with van der Waals surface area (Å²) in [4.78, 5) is 40.2. The maximum Gasteiger partial charge on any atom is 0.334 e. The summed E-state index contributed by atoms with van der Waals surface area (Å²) in [5.41, 5.74) is -0.644. The second-order valence-corrected chi connectivity index (χ2v) is 5.14. The number of aromatic amines is 1. The van der Waals surface area contributed by atoms with E-state index < -0.39 is 11.2 Å². The first-order valence-corrected chi connectivity index (χ1v) is 7.33. The number of hydrogen-bond acceptors (Lipinski definition) is 6. The van der Waals surface area contributed by atoms with Crippen molar-refractivity contribution in [3.05, 3.63) is 70.0 Å². The predicted molar refractivity (Wildman–Crippen MR) is 89.4 cm³/mol. The molecule has 4 aromatic rings. The van der Waals surface area contributed by atoms with Gasteiger partial charge in [-0.25, -0.2) is 19.3 Å². The summed E-state index contributed by atoms with van der Waals surface area (Å²) >= 11 is 0. The fraction of sp³-hybridized carbons (Fsp3) is 0.0625. The maximum absolute atomic E-state index is 12.8. The van der Waals surface area contributed by atoms with E-state index in [2.05, 4.69) is 19.9 Å². The lowest BCUT2D eigenvalue weighted by Gasteiger charge is -2.10. The average molecular weight is 336 g/mol. The van der Waals surface area contributed by atoms with Gasteiger partial charge in [-0.1, -0.05) is 12.1 Å². The minimum Gasteiger partial charge on any atom is -0.495 e. The molecule has 0 spiro atoms. The molecule has 4 rings (SSSR count). The molecule has 0 amide bonds. The predicted octanol–water partition coefficient (Wildman–Crippen LogP) is 0.663. The minimum atomic E-state index is -0.614. The number of fused-ring (bicyclic) bond motifs is 1. The van der Waals surface area contributed by atoms with Crippen molar-refractivity contribution in [2.45, 2.75) is 0 Å². The van der Waals surface area contributed by atoms with Gasteiger partial charge in [-0.3, -0.25) is 14.3 Å². The number of ether oxygens (including phenoxy) is 1. The molecule has 3 heterocycles. The second kappa shape index (κ2) is 5.71. The van der Waals surface area contributed by atoms with Gasteiger partial charge in [0.25, 0.3) is 5.56 Å². The first-order chi connectivity index (χ1) is 12.2. The van der Waals surface area contributed by atoms with E-state index in [1.54, 1.807) is 41.2 Å². The molecule has 1 N–H and O–H groups in total. The van der Waals surface area contributed by atoms with Crippen molar-refractivity contribution in [3.63, 3.8) is 0 Å². The van der Waals surface area contributed by atoms with Gasteiger partial charge < -0.3 is 4.74 Å². The lowest BCUT2D eigenvalue weighted by molar-refractivity contribution is 0.412. The van der Waals surface area contributed by atoms with Crippen LogP contribution in [0.2, 0.25) is 0 Å². The smallest absolute Gasteiger partial charge is 0.334 e. The molecule has 0 saturated carbocycles. The van der Waals surface area contributed by atoms with Gasteiger partial charge in [0.2, 0.25) is 5.95 Å². The Labute approximate surface area is 140 Å². The van der Waals surface area contributed by atoms with Crippen molar-refractivity contribution in [2.75, 3.05) is 7.11 Å². The lowest BCUT2D eigenvalue weighted by atomic mass is 10.3. The van der Waals surface area contributed by atoms with Crippen LogP contribution in [-0.2, 0) is 0 Å². The zero-order valence-corrected chi connectivity index (χ0v) is 13.1. The third-order valence-corrected chi connectivity index (χ3v) is 3.70. The van der Waals surface area contributed by atoms with Crippen molar-refractivity contribution in [1.82, 2.24) is 29.1 Å². The van der Waals surface area contributed by atoms with Crippen LogP contribution in [-0.4, -0.2) is 36.2 Å². The molecule has 25 heavy (non-hydrogen) atoms. The fourth-order valence-electron chi connectivity index (χ4n) is 2.53. The highest BCUT2D eigenvalue weighted by molar-refractivity contribution is 5.73. The van der Waals surface area contributed by atoms with E-state index in [4.69, 9.17) is 4.74 Å². The number of nitrogens with zero attached hydrogens (tertiary/aromatic N) is 5. The van der Waals surface area contributed by atoms with Crippen LogP contribution in [0.25, 0.3) is 22.7 Å². The highest BCUT2D eigenvalue weighted by Gasteiger charge is 2.14. The van der Waals surface area contributed by atoms with Gasteiger partial charge in [0.05, 0.1) is 12.8 Å². The molecule has 0 aliphatic carbocycles. The molecular formula is C16H12N6O3. The Kier molecular flexibility index (Phi) is 3.38. The number of benzene rings is 1. The largest absolute Gasteiger partial charge is 0.495 e. The Morgan fingerprint density at radius 1 is 1.20 bits per heavy atom. The molecule has 0 saturated heterocycles. The lowest BCUT2D eigenvalue weighted by Crippen LogP contribution is -2.34. The van der Waals surface area contributed by atoms with E-state index in [1.807, 2.05) is 0 Å². The van der Waals surface area contributed by atoms with Crippen LogP contribution in [0.4, 0.5) is 0 Å². The first kappa shape index (κ1) is 14.8. The number of nitrogens with one attached hydrogen (secondary N) is 1. The molecule has 0 bridgehead atoms. The van der Waals surface area contributed by atoms with Crippen LogP contribution in [0.5, 0.6) is 5.75 Å². The van der Waals surface area contributed by atoms with E-state index in [-0.39, 0.29) is 11.0 Å². The van der Waals surface area contributed by atoms with E-state index in [1.165, 1.54) is 19.6 Å².